The van der Waals surface area contributed by atoms with Gasteiger partial charge in [0.25, 0.3) is 0 Å². The summed E-state index contributed by atoms with van der Waals surface area (Å²) in [5.41, 5.74) is 14.4. The first-order valence-corrected chi connectivity index (χ1v) is 26.8. The molecule has 1 amide bonds. The molecule has 0 aliphatic carbocycles. The molecule has 6 aromatic rings. The van der Waals surface area contributed by atoms with E-state index in [1.165, 1.54) is 47.3 Å². The van der Waals surface area contributed by atoms with Gasteiger partial charge in [-0.2, -0.15) is 0 Å². The highest BCUT2D eigenvalue weighted by Crippen LogP contribution is 2.44. The fraction of sp³-hybridized carbons (Fsp3) is 0.404. The van der Waals surface area contributed by atoms with E-state index < -0.39 is 22.2 Å². The number of amides is 1. The zero-order chi connectivity index (χ0) is 41.9. The molecule has 6 heteroatoms. The molecule has 0 aliphatic heterocycles. The van der Waals surface area contributed by atoms with Crippen LogP contribution >= 0.6 is 11.3 Å². The van der Waals surface area contributed by atoms with Gasteiger partial charge in [-0.3, -0.25) is 5.32 Å². The van der Waals surface area contributed by atoms with Crippen molar-refractivity contribution in [1.82, 2.24) is 0 Å². The minimum Gasteiger partial charge on any atom is -0.449 e. The lowest BCUT2D eigenvalue weighted by Crippen LogP contribution is -2.43. The Morgan fingerprint density at radius 2 is 1.02 bits per heavy atom. The zero-order valence-electron chi connectivity index (χ0n) is 36.9. The van der Waals surface area contributed by atoms with Crippen molar-refractivity contribution in [2.45, 2.75) is 129 Å². The Bertz CT molecular complexity index is 2370. The number of rotatable bonds is 11. The number of benzene rings is 5. The number of fused-ring (bicyclic) bond motifs is 4. The molecular weight excluding hydrogens is 759 g/mol. The van der Waals surface area contributed by atoms with E-state index in [1.54, 1.807) is 0 Å². The summed E-state index contributed by atoms with van der Waals surface area (Å²) in [4.78, 5) is 13.7. The Labute approximate surface area is 354 Å². The van der Waals surface area contributed by atoms with E-state index >= 15 is 0 Å². The van der Waals surface area contributed by atoms with Gasteiger partial charge in [0.2, 0.25) is 0 Å². The van der Waals surface area contributed by atoms with Gasteiger partial charge in [-0.1, -0.05) is 137 Å². The van der Waals surface area contributed by atoms with Crippen molar-refractivity contribution in [3.05, 3.63) is 101 Å². The maximum absolute atomic E-state index is 12.4. The molecule has 0 unspecified atom stereocenters. The number of hydrogen-bond acceptors (Lipinski definition) is 3. The molecule has 0 aliphatic rings. The molecule has 6 rings (SSSR count). The highest BCUT2D eigenvalue weighted by atomic mass is 32.1. The number of carbonyl (C=O) groups excluding carboxylic acids is 1. The molecule has 0 saturated carbocycles. The monoisotopic (exact) mass is 821 g/mol. The summed E-state index contributed by atoms with van der Waals surface area (Å²) in [6.07, 6.45) is 1.16. The highest BCUT2D eigenvalue weighted by molar-refractivity contribution is 7.19. The lowest BCUT2D eigenvalue weighted by atomic mass is 9.90. The average Bonchev–Trinajstić information content (AvgIpc) is 3.57. The van der Waals surface area contributed by atoms with Crippen molar-refractivity contribution >= 4 is 81.7 Å². The summed E-state index contributed by atoms with van der Waals surface area (Å²) in [7, 11) is -4.10. The summed E-state index contributed by atoms with van der Waals surface area (Å²) in [5, 5.41) is 11.3. The van der Waals surface area contributed by atoms with E-state index in [0.717, 1.165) is 29.7 Å². The SMILES string of the molecule is CC(C)[Si](C#Cc1c2cc3ccccc3cc2c(C#C[Si](C(C)C)(C(C)C)C(C)C)c2cc3sc(CCCOC(=O)Nc4ccccc4)cc3cc12)(C(C)C)C(C)C. The third kappa shape index (κ3) is 8.40. The molecule has 5 aromatic carbocycles. The Hall–Kier alpha value is -4.34. The number of para-hydroxylation sites is 1. The minimum absolute atomic E-state index is 0.355. The zero-order valence-corrected chi connectivity index (χ0v) is 39.7. The van der Waals surface area contributed by atoms with E-state index in [9.17, 15) is 4.79 Å². The van der Waals surface area contributed by atoms with Gasteiger partial charge in [-0.05, 0) is 121 Å². The molecule has 0 atom stereocenters. The highest BCUT2D eigenvalue weighted by Gasteiger charge is 2.43. The fourth-order valence-electron chi connectivity index (χ4n) is 10.2. The molecule has 0 radical (unpaired) electrons. The van der Waals surface area contributed by atoms with Crippen LogP contribution in [0.3, 0.4) is 0 Å². The molecule has 1 heterocycles. The van der Waals surface area contributed by atoms with Gasteiger partial charge in [-0.15, -0.1) is 22.4 Å². The second-order valence-electron chi connectivity index (χ2n) is 18.2. The van der Waals surface area contributed by atoms with Crippen molar-refractivity contribution in [3.63, 3.8) is 0 Å². The number of thiophene rings is 1. The van der Waals surface area contributed by atoms with Crippen LogP contribution in [0.2, 0.25) is 33.2 Å². The van der Waals surface area contributed by atoms with Crippen LogP contribution in [0.25, 0.3) is 42.4 Å². The first-order valence-electron chi connectivity index (χ1n) is 21.5. The molecule has 0 saturated heterocycles. The number of anilines is 1. The number of hydrogen-bond donors (Lipinski definition) is 1. The van der Waals surface area contributed by atoms with Crippen LogP contribution in [-0.2, 0) is 11.2 Å². The van der Waals surface area contributed by atoms with E-state index in [1.807, 2.05) is 41.7 Å². The largest absolute Gasteiger partial charge is 0.449 e. The van der Waals surface area contributed by atoms with Gasteiger partial charge < -0.3 is 4.74 Å². The van der Waals surface area contributed by atoms with Crippen LogP contribution in [-0.4, -0.2) is 28.8 Å². The first-order chi connectivity index (χ1) is 27.6. The second kappa shape index (κ2) is 17.9. The van der Waals surface area contributed by atoms with Gasteiger partial charge in [0.05, 0.1) is 6.61 Å². The lowest BCUT2D eigenvalue weighted by molar-refractivity contribution is 0.160. The molecule has 302 valence electrons. The summed E-state index contributed by atoms with van der Waals surface area (Å²) >= 11 is 1.84. The molecule has 0 spiro atoms. The van der Waals surface area contributed by atoms with Gasteiger partial charge in [-0.25, -0.2) is 4.79 Å². The Morgan fingerprint density at radius 1 is 0.586 bits per heavy atom. The number of nitrogens with one attached hydrogen (secondary N) is 1. The average molecular weight is 822 g/mol. The molecular formula is C52H63NO2SSi2. The van der Waals surface area contributed by atoms with Crippen LogP contribution in [0, 0.1) is 22.9 Å². The molecule has 3 nitrogen and oxygen atoms in total. The number of ether oxygens (including phenoxy) is 1. The maximum atomic E-state index is 12.4. The maximum Gasteiger partial charge on any atom is 0.411 e. The van der Waals surface area contributed by atoms with Gasteiger partial charge in [0.1, 0.15) is 16.1 Å². The Morgan fingerprint density at radius 3 is 1.48 bits per heavy atom. The minimum atomic E-state index is -2.05. The van der Waals surface area contributed by atoms with E-state index in [-0.39, 0.29) is 0 Å². The van der Waals surface area contributed by atoms with Crippen LogP contribution in [0.5, 0.6) is 0 Å². The lowest BCUT2D eigenvalue weighted by Gasteiger charge is -2.38. The molecule has 0 fully saturated rings. The standard InChI is InChI=1S/C52H63NO2SSi2/c1-34(2)57(35(3)4,36(5)6)27-24-45-47-30-40-19-16-17-20-41(40)31-48(47)46(25-28-58(37(7)8,38(9)10)39(11)12)50-33-51-42(32-49(45)50)29-44(56-51)23-18-26-55-52(54)53-43-21-14-13-15-22-43/h13-17,19-22,29-39H,18,23,26H2,1-12H3,(H,53,54). The second-order valence-corrected chi connectivity index (χ2v) is 30.5. The molecule has 58 heavy (non-hydrogen) atoms. The van der Waals surface area contributed by atoms with Crippen molar-refractivity contribution in [3.8, 4) is 22.9 Å². The topological polar surface area (TPSA) is 38.3 Å². The quantitative estimate of drug-likeness (QED) is 0.0612. The van der Waals surface area contributed by atoms with Crippen molar-refractivity contribution < 1.29 is 9.53 Å². The summed E-state index contributed by atoms with van der Waals surface area (Å²) in [6.45, 7) is 29.1. The third-order valence-corrected chi connectivity index (χ3v) is 26.8. The van der Waals surface area contributed by atoms with Crippen LogP contribution in [0.15, 0.2) is 84.9 Å². The first kappa shape index (κ1) is 43.2. The van der Waals surface area contributed by atoms with Crippen molar-refractivity contribution in [2.24, 2.45) is 0 Å². The predicted molar refractivity (Wildman–Crippen MR) is 260 cm³/mol. The van der Waals surface area contributed by atoms with Crippen LogP contribution < -0.4 is 5.32 Å². The van der Waals surface area contributed by atoms with Gasteiger partial charge in [0, 0.05) is 31.8 Å². The Kier molecular flexibility index (Phi) is 13.3. The Balaban J connectivity index is 1.57. The van der Waals surface area contributed by atoms with Gasteiger partial charge >= 0.3 is 6.09 Å². The molecule has 0 bridgehead atoms. The fourth-order valence-corrected chi connectivity index (χ4v) is 21.7. The summed E-state index contributed by atoms with van der Waals surface area (Å²) in [6, 6.07) is 30.1. The van der Waals surface area contributed by atoms with Crippen LogP contribution in [0.4, 0.5) is 10.5 Å². The predicted octanol–water partition coefficient (Wildman–Crippen LogP) is 15.7. The number of carbonyl (C=O) groups is 1. The van der Waals surface area contributed by atoms with Crippen molar-refractivity contribution in [2.75, 3.05) is 11.9 Å². The summed E-state index contributed by atoms with van der Waals surface area (Å²) < 4.78 is 6.81. The van der Waals surface area contributed by atoms with Gasteiger partial charge in [0.15, 0.2) is 0 Å². The van der Waals surface area contributed by atoms with E-state index in [4.69, 9.17) is 4.74 Å². The smallest absolute Gasteiger partial charge is 0.411 e. The van der Waals surface area contributed by atoms with E-state index in [0.29, 0.717) is 39.9 Å². The van der Waals surface area contributed by atoms with Crippen molar-refractivity contribution in [1.29, 1.82) is 0 Å². The molecule has 1 aromatic heterocycles. The third-order valence-electron chi connectivity index (χ3n) is 13.0. The summed E-state index contributed by atoms with van der Waals surface area (Å²) in [5.74, 6) is 8.00. The van der Waals surface area contributed by atoms with E-state index in [2.05, 4.69) is 166 Å². The molecule has 1 N–H and O–H groups in total. The van der Waals surface area contributed by atoms with Crippen LogP contribution in [0.1, 0.15) is 106 Å². The normalized spacial score (nSPS) is 12.4. The number of aryl methyl sites for hydroxylation is 1.